The highest BCUT2D eigenvalue weighted by molar-refractivity contribution is 7.92. The first-order chi connectivity index (χ1) is 15.3. The number of rotatable bonds is 5. The Morgan fingerprint density at radius 1 is 1.06 bits per heavy atom. The molecule has 2 aromatic carbocycles. The van der Waals surface area contributed by atoms with E-state index in [0.29, 0.717) is 26.8 Å². The van der Waals surface area contributed by atoms with Crippen molar-refractivity contribution in [3.63, 3.8) is 0 Å². The lowest BCUT2D eigenvalue weighted by Crippen LogP contribution is -2.33. The van der Waals surface area contributed by atoms with E-state index in [0.717, 1.165) is 16.7 Å². The molecule has 0 radical (unpaired) electrons. The molecule has 0 bridgehead atoms. The van der Waals surface area contributed by atoms with E-state index in [1.807, 2.05) is 4.72 Å². The number of fused-ring (bicyclic) bond motifs is 1. The molecule has 2 N–H and O–H groups in total. The number of carbonyl (C=O) groups excluding carboxylic acids is 1. The number of benzene rings is 2. The molecule has 4 rings (SSSR count). The van der Waals surface area contributed by atoms with Gasteiger partial charge in [-0.3, -0.25) is 9.36 Å². The predicted octanol–water partition coefficient (Wildman–Crippen LogP) is 4.22. The van der Waals surface area contributed by atoms with Gasteiger partial charge in [0.15, 0.2) is 0 Å². The summed E-state index contributed by atoms with van der Waals surface area (Å²) in [7, 11) is -2.46. The Bertz CT molecular complexity index is 1480. The zero-order valence-electron chi connectivity index (χ0n) is 16.5. The number of pyridine rings is 1. The Labute approximate surface area is 192 Å². The monoisotopic (exact) mass is 489 g/mol. The molecule has 2 heterocycles. The SMILES string of the molecule is COc1ccc2c(=O)n(-c3ccc(NC(=O)NS(=O)(=O)c4ccc(Cl)s4)cc3)ccc2c1. The van der Waals surface area contributed by atoms with Crippen LogP contribution in [0.2, 0.25) is 4.34 Å². The fourth-order valence-corrected chi connectivity index (χ4v) is 5.42. The van der Waals surface area contributed by atoms with Crippen molar-refractivity contribution in [2.24, 2.45) is 0 Å². The van der Waals surface area contributed by atoms with Crippen LogP contribution in [0.25, 0.3) is 16.5 Å². The third-order valence-corrected chi connectivity index (χ3v) is 7.61. The van der Waals surface area contributed by atoms with Crippen LogP contribution in [0, 0.1) is 0 Å². The number of hydrogen-bond donors (Lipinski definition) is 2. The summed E-state index contributed by atoms with van der Waals surface area (Å²) in [5.41, 5.74) is 0.730. The molecule has 0 aliphatic heterocycles. The Hall–Kier alpha value is -3.34. The third kappa shape index (κ3) is 4.47. The molecule has 0 saturated heterocycles. The smallest absolute Gasteiger partial charge is 0.333 e. The number of hydrogen-bond acceptors (Lipinski definition) is 6. The van der Waals surface area contributed by atoms with Gasteiger partial charge in [-0.15, -0.1) is 11.3 Å². The van der Waals surface area contributed by atoms with Crippen molar-refractivity contribution in [3.8, 4) is 11.4 Å². The minimum Gasteiger partial charge on any atom is -0.497 e. The standard InChI is InChI=1S/C21H16ClN3O5S2/c1-30-16-6-7-17-13(12-16)10-11-25(20(17)26)15-4-2-14(3-5-15)23-21(27)24-32(28,29)19-9-8-18(22)31-19/h2-12H,1H3,(H2,23,24,27). The van der Waals surface area contributed by atoms with Crippen LogP contribution in [0.3, 0.4) is 0 Å². The summed E-state index contributed by atoms with van der Waals surface area (Å²) in [5, 5.41) is 3.75. The van der Waals surface area contributed by atoms with E-state index in [9.17, 15) is 18.0 Å². The zero-order valence-corrected chi connectivity index (χ0v) is 18.9. The van der Waals surface area contributed by atoms with Crippen molar-refractivity contribution in [1.82, 2.24) is 9.29 Å². The summed E-state index contributed by atoms with van der Waals surface area (Å²) < 4.78 is 33.2. The van der Waals surface area contributed by atoms with Gasteiger partial charge in [0.1, 0.15) is 9.96 Å². The number of aromatic nitrogens is 1. The Morgan fingerprint density at radius 2 is 1.81 bits per heavy atom. The van der Waals surface area contributed by atoms with Gasteiger partial charge in [0.05, 0.1) is 11.4 Å². The van der Waals surface area contributed by atoms with Crippen LogP contribution < -0.4 is 20.3 Å². The number of carbonyl (C=O) groups is 1. The van der Waals surface area contributed by atoms with Gasteiger partial charge in [-0.25, -0.2) is 17.9 Å². The predicted molar refractivity (Wildman–Crippen MR) is 125 cm³/mol. The van der Waals surface area contributed by atoms with Crippen molar-refractivity contribution >= 4 is 55.5 Å². The molecular formula is C21H16ClN3O5S2. The largest absolute Gasteiger partial charge is 0.497 e. The summed E-state index contributed by atoms with van der Waals surface area (Å²) >= 11 is 6.59. The molecule has 4 aromatic rings. The molecule has 0 aliphatic rings. The van der Waals surface area contributed by atoms with Crippen LogP contribution in [0.4, 0.5) is 10.5 Å². The molecule has 8 nitrogen and oxygen atoms in total. The Balaban J connectivity index is 1.51. The van der Waals surface area contributed by atoms with Gasteiger partial charge in [0, 0.05) is 23.0 Å². The average Bonchev–Trinajstić information content (AvgIpc) is 3.21. The zero-order chi connectivity index (χ0) is 22.9. The van der Waals surface area contributed by atoms with Gasteiger partial charge >= 0.3 is 6.03 Å². The topological polar surface area (TPSA) is 106 Å². The van der Waals surface area contributed by atoms with Crippen LogP contribution in [-0.4, -0.2) is 26.1 Å². The number of ether oxygens (including phenoxy) is 1. The number of nitrogens with zero attached hydrogens (tertiary/aromatic N) is 1. The lowest BCUT2D eigenvalue weighted by atomic mass is 10.1. The van der Waals surface area contributed by atoms with Crippen LogP contribution in [0.1, 0.15) is 0 Å². The van der Waals surface area contributed by atoms with E-state index in [-0.39, 0.29) is 9.77 Å². The van der Waals surface area contributed by atoms with E-state index >= 15 is 0 Å². The maximum Gasteiger partial charge on any atom is 0.333 e. The lowest BCUT2D eigenvalue weighted by Gasteiger charge is -2.10. The number of halogens is 1. The molecule has 0 fully saturated rings. The fourth-order valence-electron chi connectivity index (χ4n) is 3.03. The minimum absolute atomic E-state index is 0.0682. The second-order valence-electron chi connectivity index (χ2n) is 6.61. The summed E-state index contributed by atoms with van der Waals surface area (Å²) in [6.45, 7) is 0. The molecule has 11 heteroatoms. The first-order valence-corrected chi connectivity index (χ1v) is 11.8. The average molecular weight is 490 g/mol. The molecule has 0 atom stereocenters. The van der Waals surface area contributed by atoms with E-state index in [2.05, 4.69) is 5.32 Å². The number of amides is 2. The number of thiophene rings is 1. The Morgan fingerprint density at radius 3 is 2.47 bits per heavy atom. The lowest BCUT2D eigenvalue weighted by molar-refractivity contribution is 0.256. The highest BCUT2D eigenvalue weighted by Crippen LogP contribution is 2.25. The number of methoxy groups -OCH3 is 1. The molecule has 32 heavy (non-hydrogen) atoms. The van der Waals surface area contributed by atoms with E-state index in [1.54, 1.807) is 61.8 Å². The molecule has 0 unspecified atom stereocenters. The normalized spacial score (nSPS) is 11.3. The summed E-state index contributed by atoms with van der Waals surface area (Å²) in [4.78, 5) is 25.0. The summed E-state index contributed by atoms with van der Waals surface area (Å²) in [5.74, 6) is 0.660. The second-order valence-corrected chi connectivity index (χ2v) is 10.2. The number of urea groups is 1. The molecule has 0 spiro atoms. The van der Waals surface area contributed by atoms with Crippen molar-refractivity contribution < 1.29 is 17.9 Å². The van der Waals surface area contributed by atoms with Gasteiger partial charge in [0.2, 0.25) is 0 Å². The molecule has 0 aliphatic carbocycles. The summed E-state index contributed by atoms with van der Waals surface area (Å²) in [6, 6.07) is 15.2. The quantitative estimate of drug-likeness (QED) is 0.436. The van der Waals surface area contributed by atoms with Crippen molar-refractivity contribution in [1.29, 1.82) is 0 Å². The first kappa shape index (κ1) is 21.9. The molecule has 164 valence electrons. The number of nitrogens with one attached hydrogen (secondary N) is 2. The van der Waals surface area contributed by atoms with Crippen LogP contribution >= 0.6 is 22.9 Å². The van der Waals surface area contributed by atoms with E-state index in [1.165, 1.54) is 16.7 Å². The summed E-state index contributed by atoms with van der Waals surface area (Å²) in [6.07, 6.45) is 1.65. The number of sulfonamides is 1. The van der Waals surface area contributed by atoms with E-state index in [4.69, 9.17) is 16.3 Å². The molecule has 0 saturated carbocycles. The van der Waals surface area contributed by atoms with Crippen molar-refractivity contribution in [3.05, 3.63) is 81.6 Å². The van der Waals surface area contributed by atoms with Crippen molar-refractivity contribution in [2.45, 2.75) is 4.21 Å². The maximum atomic E-state index is 12.9. The first-order valence-electron chi connectivity index (χ1n) is 9.16. The minimum atomic E-state index is -4.02. The van der Waals surface area contributed by atoms with Gasteiger partial charge < -0.3 is 10.1 Å². The fraction of sp³-hybridized carbons (Fsp3) is 0.0476. The number of anilines is 1. The highest BCUT2D eigenvalue weighted by atomic mass is 35.5. The van der Waals surface area contributed by atoms with Crippen LogP contribution in [-0.2, 0) is 10.0 Å². The van der Waals surface area contributed by atoms with Crippen LogP contribution in [0.15, 0.2) is 75.9 Å². The molecule has 2 aromatic heterocycles. The van der Waals surface area contributed by atoms with Gasteiger partial charge in [0.25, 0.3) is 15.6 Å². The van der Waals surface area contributed by atoms with Gasteiger partial charge in [-0.1, -0.05) is 11.6 Å². The highest BCUT2D eigenvalue weighted by Gasteiger charge is 2.19. The Kier molecular flexibility index (Phi) is 5.92. The second kappa shape index (κ2) is 8.65. The van der Waals surface area contributed by atoms with Gasteiger partial charge in [-0.2, -0.15) is 0 Å². The molecule has 2 amide bonds. The third-order valence-electron chi connectivity index (χ3n) is 4.55. The maximum absolute atomic E-state index is 12.9. The van der Waals surface area contributed by atoms with Crippen molar-refractivity contribution in [2.75, 3.05) is 12.4 Å². The molecular weight excluding hydrogens is 474 g/mol. The van der Waals surface area contributed by atoms with E-state index < -0.39 is 16.1 Å². The van der Waals surface area contributed by atoms with Gasteiger partial charge in [-0.05, 0) is 66.0 Å². The van der Waals surface area contributed by atoms with Crippen LogP contribution in [0.5, 0.6) is 5.75 Å².